The van der Waals surface area contributed by atoms with Gasteiger partial charge in [-0.1, -0.05) is 20.8 Å². The smallest absolute Gasteiger partial charge is 0.320 e. The maximum Gasteiger partial charge on any atom is 0.320 e. The van der Waals surface area contributed by atoms with Gasteiger partial charge in [0.05, 0.1) is 6.42 Å². The summed E-state index contributed by atoms with van der Waals surface area (Å²) >= 11 is 0. The number of likely N-dealkylation sites (tertiary alicyclic amines) is 2. The van der Waals surface area contributed by atoms with Gasteiger partial charge >= 0.3 is 17.9 Å². The van der Waals surface area contributed by atoms with Gasteiger partial charge in [-0.15, -0.1) is 0 Å². The van der Waals surface area contributed by atoms with Crippen molar-refractivity contribution in [1.82, 2.24) is 9.80 Å². The molecule has 0 saturated carbocycles. The zero-order valence-corrected chi connectivity index (χ0v) is 25.3. The van der Waals surface area contributed by atoms with Gasteiger partial charge in [-0.3, -0.25) is 24.0 Å². The number of esters is 3. The average molecular weight is 609 g/mol. The predicted molar refractivity (Wildman–Crippen MR) is 150 cm³/mol. The summed E-state index contributed by atoms with van der Waals surface area (Å²) in [6.07, 6.45) is -0.586. The SMILES string of the molecule is CC(=O)O[C@H]1C(=O)N(CC2CCN(C(=O)c3ccc4c(c3)OCCO4)CC2)[C@H]2OC(=O)[C@]34CC(=O)O[C@H]3C=C(C(C)(C)C)[C@@]214. The summed E-state index contributed by atoms with van der Waals surface area (Å²) in [5.74, 6) is -1.25. The highest BCUT2D eigenvalue weighted by Gasteiger charge is 2.87. The molecule has 0 aromatic heterocycles. The molecule has 2 amide bonds. The lowest BCUT2D eigenvalue weighted by Gasteiger charge is -2.43. The van der Waals surface area contributed by atoms with Gasteiger partial charge in [0.2, 0.25) is 0 Å². The number of ether oxygens (including phenoxy) is 5. The number of benzene rings is 1. The fourth-order valence-corrected chi connectivity index (χ4v) is 8.31. The first kappa shape index (κ1) is 28.7. The Labute approximate surface area is 254 Å². The Morgan fingerprint density at radius 1 is 1.02 bits per heavy atom. The van der Waals surface area contributed by atoms with Crippen LogP contribution in [0.15, 0.2) is 29.8 Å². The second kappa shape index (κ2) is 9.70. The van der Waals surface area contributed by atoms with E-state index in [0.717, 1.165) is 0 Å². The highest BCUT2D eigenvalue weighted by Crippen LogP contribution is 2.72. The largest absolute Gasteiger partial charge is 0.486 e. The Balaban J connectivity index is 1.14. The van der Waals surface area contributed by atoms with Gasteiger partial charge in [0.25, 0.3) is 11.8 Å². The highest BCUT2D eigenvalue weighted by molar-refractivity contribution is 5.99. The van der Waals surface area contributed by atoms with Crippen molar-refractivity contribution in [2.75, 3.05) is 32.8 Å². The van der Waals surface area contributed by atoms with Crippen molar-refractivity contribution in [2.24, 2.45) is 22.2 Å². The van der Waals surface area contributed by atoms with Crippen molar-refractivity contribution < 1.29 is 47.7 Å². The van der Waals surface area contributed by atoms with Crippen LogP contribution in [0.5, 0.6) is 11.5 Å². The van der Waals surface area contributed by atoms with Gasteiger partial charge in [0.15, 0.2) is 23.8 Å². The summed E-state index contributed by atoms with van der Waals surface area (Å²) in [5, 5.41) is 0. The van der Waals surface area contributed by atoms with Gasteiger partial charge in [0, 0.05) is 32.1 Å². The molecule has 7 rings (SSSR count). The summed E-state index contributed by atoms with van der Waals surface area (Å²) in [6, 6.07) is 5.18. The van der Waals surface area contributed by atoms with Crippen molar-refractivity contribution in [3.63, 3.8) is 0 Å². The van der Waals surface area contributed by atoms with Gasteiger partial charge in [-0.2, -0.15) is 0 Å². The van der Waals surface area contributed by atoms with E-state index in [1.807, 2.05) is 20.8 Å². The lowest BCUT2D eigenvalue weighted by Crippen LogP contribution is -2.55. The molecule has 0 N–H and O–H groups in total. The van der Waals surface area contributed by atoms with Crippen LogP contribution in [0.1, 0.15) is 57.3 Å². The molecular weight excluding hydrogens is 572 g/mol. The fraction of sp³-hybridized carbons (Fsp3) is 0.594. The molecule has 0 unspecified atom stereocenters. The van der Waals surface area contributed by atoms with Crippen LogP contribution in [0.3, 0.4) is 0 Å². The summed E-state index contributed by atoms with van der Waals surface area (Å²) in [7, 11) is 0. The molecule has 4 saturated heterocycles. The van der Waals surface area contributed by atoms with Crippen molar-refractivity contribution in [3.8, 4) is 11.5 Å². The van der Waals surface area contributed by atoms with E-state index in [4.69, 9.17) is 23.7 Å². The lowest BCUT2D eigenvalue weighted by molar-refractivity contribution is -0.167. The molecule has 12 heteroatoms. The molecule has 5 atom stereocenters. The van der Waals surface area contributed by atoms with Crippen molar-refractivity contribution in [3.05, 3.63) is 35.4 Å². The predicted octanol–water partition coefficient (Wildman–Crippen LogP) is 2.24. The van der Waals surface area contributed by atoms with E-state index in [-0.39, 0.29) is 24.8 Å². The van der Waals surface area contributed by atoms with Crippen LogP contribution >= 0.6 is 0 Å². The number of amides is 2. The first-order chi connectivity index (χ1) is 20.9. The number of hydrogen-bond acceptors (Lipinski definition) is 10. The zero-order chi connectivity index (χ0) is 31.2. The zero-order valence-electron chi connectivity index (χ0n) is 25.3. The van der Waals surface area contributed by atoms with Crippen LogP contribution in [0, 0.1) is 22.2 Å². The van der Waals surface area contributed by atoms with Crippen LogP contribution in [0.4, 0.5) is 0 Å². The monoisotopic (exact) mass is 608 g/mol. The van der Waals surface area contributed by atoms with Crippen LogP contribution in [-0.4, -0.2) is 90.8 Å². The number of carbonyl (C=O) groups is 5. The first-order valence-corrected chi connectivity index (χ1v) is 15.2. The normalized spacial score (nSPS) is 32.5. The summed E-state index contributed by atoms with van der Waals surface area (Å²) in [6.45, 7) is 9.19. The second-order valence-electron chi connectivity index (χ2n) is 13.6. The van der Waals surface area contributed by atoms with Crippen LogP contribution < -0.4 is 9.47 Å². The summed E-state index contributed by atoms with van der Waals surface area (Å²) < 4.78 is 28.6. The molecule has 0 radical (unpaired) electrons. The Bertz CT molecular complexity index is 1500. The number of rotatable bonds is 4. The minimum Gasteiger partial charge on any atom is -0.486 e. The maximum atomic E-state index is 14.2. The topological polar surface area (TPSA) is 138 Å². The summed E-state index contributed by atoms with van der Waals surface area (Å²) in [5.41, 5.74) is -2.25. The number of nitrogens with zero attached hydrogens (tertiary/aromatic N) is 2. The fourth-order valence-electron chi connectivity index (χ4n) is 8.31. The minimum atomic E-state index is -1.50. The van der Waals surface area contributed by atoms with Gasteiger partial charge in [0.1, 0.15) is 30.1 Å². The second-order valence-corrected chi connectivity index (χ2v) is 13.6. The Morgan fingerprint density at radius 2 is 1.73 bits per heavy atom. The molecule has 0 bridgehead atoms. The van der Waals surface area contributed by atoms with E-state index in [1.54, 1.807) is 29.2 Å². The molecule has 1 aromatic carbocycles. The molecule has 6 aliphatic rings. The standard InChI is InChI=1S/C32H36N2O10/c1-17(35)42-25-27(38)34(28-32(25)22(30(2,3)4)14-23-31(32,29(39)44-28)15-24(36)43-23)16-18-7-9-33(10-8-18)26(37)19-5-6-20-21(13-19)41-12-11-40-20/h5-6,13-14,18,23,25,28H,7-12,15-16H2,1-4H3/t23-,25-,28-,31-,32-/m0/s1. The van der Waals surface area contributed by atoms with Crippen LogP contribution in [-0.2, 0) is 33.4 Å². The number of piperidine rings is 1. The molecular formula is C32H36N2O10. The molecule has 1 aliphatic carbocycles. The number of fused-ring (bicyclic) bond motifs is 1. The Kier molecular flexibility index (Phi) is 6.32. The van der Waals surface area contributed by atoms with Crippen molar-refractivity contribution >= 4 is 29.7 Å². The third-order valence-electron chi connectivity index (χ3n) is 10.1. The van der Waals surface area contributed by atoms with Crippen LogP contribution in [0.2, 0.25) is 0 Å². The molecule has 1 aromatic rings. The number of carbonyl (C=O) groups excluding carboxylic acids is 5. The van der Waals surface area contributed by atoms with Crippen molar-refractivity contribution in [1.29, 1.82) is 0 Å². The van der Waals surface area contributed by atoms with Crippen LogP contribution in [0.25, 0.3) is 0 Å². The molecule has 5 heterocycles. The van der Waals surface area contributed by atoms with E-state index in [2.05, 4.69) is 0 Å². The van der Waals surface area contributed by atoms with Gasteiger partial charge in [-0.25, -0.2) is 0 Å². The van der Waals surface area contributed by atoms with E-state index < -0.39 is 58.5 Å². The number of hydrogen-bond donors (Lipinski definition) is 0. The van der Waals surface area contributed by atoms with E-state index in [0.29, 0.717) is 61.8 Å². The molecule has 2 spiro atoms. The quantitative estimate of drug-likeness (QED) is 0.284. The Morgan fingerprint density at radius 3 is 2.41 bits per heavy atom. The average Bonchev–Trinajstić information content (AvgIpc) is 3.61. The lowest BCUT2D eigenvalue weighted by atomic mass is 9.56. The van der Waals surface area contributed by atoms with E-state index in [1.165, 1.54) is 11.8 Å². The molecule has 234 valence electrons. The third kappa shape index (κ3) is 3.84. The maximum absolute atomic E-state index is 14.2. The van der Waals surface area contributed by atoms with E-state index in [9.17, 15) is 24.0 Å². The highest BCUT2D eigenvalue weighted by atomic mass is 16.6. The van der Waals surface area contributed by atoms with Gasteiger partial charge < -0.3 is 33.5 Å². The summed E-state index contributed by atoms with van der Waals surface area (Å²) in [4.78, 5) is 69.7. The minimum absolute atomic E-state index is 0.00706. The first-order valence-electron chi connectivity index (χ1n) is 15.2. The molecule has 44 heavy (non-hydrogen) atoms. The molecule has 4 fully saturated rings. The van der Waals surface area contributed by atoms with Crippen molar-refractivity contribution in [2.45, 2.75) is 65.4 Å². The third-order valence-corrected chi connectivity index (χ3v) is 10.1. The molecule has 12 nitrogen and oxygen atoms in total. The molecule has 5 aliphatic heterocycles. The van der Waals surface area contributed by atoms with E-state index >= 15 is 0 Å². The van der Waals surface area contributed by atoms with Gasteiger partial charge in [-0.05, 0) is 54.0 Å². The Hall–Kier alpha value is -4.09.